The van der Waals surface area contributed by atoms with E-state index in [-0.39, 0.29) is 11.8 Å². The first-order valence-electron chi connectivity index (χ1n) is 4.19. The van der Waals surface area contributed by atoms with Gasteiger partial charge in [-0.15, -0.1) is 0 Å². The van der Waals surface area contributed by atoms with E-state index in [4.69, 9.17) is 5.26 Å². The summed E-state index contributed by atoms with van der Waals surface area (Å²) in [5, 5.41) is 11.0. The van der Waals surface area contributed by atoms with Gasteiger partial charge in [-0.05, 0) is 12.8 Å². The minimum absolute atomic E-state index is 0.0270. The molecule has 0 aliphatic carbocycles. The molecule has 0 saturated heterocycles. The van der Waals surface area contributed by atoms with Crippen LogP contribution >= 0.6 is 0 Å². The maximum Gasteiger partial charge on any atom is 0.224 e. The Labute approximate surface area is 73.8 Å². The molecule has 0 aromatic carbocycles. The average Bonchev–Trinajstić information content (AvgIpc) is 2.02. The van der Waals surface area contributed by atoms with Crippen LogP contribution in [-0.4, -0.2) is 11.9 Å². The number of hydrogen-bond donors (Lipinski definition) is 1. The minimum Gasteiger partial charge on any atom is -0.340 e. The Morgan fingerprint density at radius 3 is 2.17 bits per heavy atom. The summed E-state index contributed by atoms with van der Waals surface area (Å²) in [5.74, 6) is 0.246. The molecule has 0 heterocycles. The van der Waals surface area contributed by atoms with Crippen molar-refractivity contribution in [1.82, 2.24) is 5.32 Å². The van der Waals surface area contributed by atoms with Crippen molar-refractivity contribution in [3.8, 4) is 6.07 Å². The molecule has 3 heteroatoms. The molecule has 0 bridgehead atoms. The van der Waals surface area contributed by atoms with E-state index in [1.54, 1.807) is 6.92 Å². The number of nitrogens with zero attached hydrogens (tertiary/aromatic N) is 1. The summed E-state index contributed by atoms with van der Waals surface area (Å²) in [4.78, 5) is 11.3. The third kappa shape index (κ3) is 3.38. The molecule has 0 spiro atoms. The molecule has 3 nitrogen and oxygen atoms in total. The molecule has 68 valence electrons. The normalized spacial score (nSPS) is 15.0. The molecule has 0 aliphatic heterocycles. The second-order valence-corrected chi connectivity index (χ2v) is 3.39. The van der Waals surface area contributed by atoms with Crippen LogP contribution in [0.1, 0.15) is 27.7 Å². The predicted molar refractivity (Wildman–Crippen MR) is 47.2 cm³/mol. The van der Waals surface area contributed by atoms with Crippen LogP contribution in [0.4, 0.5) is 0 Å². The Balaban J connectivity index is 3.98. The van der Waals surface area contributed by atoms with E-state index in [9.17, 15) is 4.79 Å². The highest BCUT2D eigenvalue weighted by molar-refractivity contribution is 5.79. The van der Waals surface area contributed by atoms with Gasteiger partial charge < -0.3 is 5.32 Å². The molecule has 0 rings (SSSR count). The summed E-state index contributed by atoms with van der Waals surface area (Å²) in [6, 6.07) is 1.57. The second-order valence-electron chi connectivity index (χ2n) is 3.39. The monoisotopic (exact) mass is 168 g/mol. The maximum atomic E-state index is 11.3. The van der Waals surface area contributed by atoms with Crippen LogP contribution in [0.15, 0.2) is 0 Å². The molecule has 0 radical (unpaired) electrons. The third-order valence-electron chi connectivity index (χ3n) is 1.97. The van der Waals surface area contributed by atoms with Gasteiger partial charge in [0.1, 0.15) is 6.04 Å². The first-order valence-corrected chi connectivity index (χ1v) is 4.19. The zero-order chi connectivity index (χ0) is 9.72. The first kappa shape index (κ1) is 11.0. The molecular weight excluding hydrogens is 152 g/mol. The molecule has 2 atom stereocenters. The van der Waals surface area contributed by atoms with Crippen LogP contribution in [0, 0.1) is 23.2 Å². The Morgan fingerprint density at radius 2 is 1.83 bits per heavy atom. The number of carbonyl (C=O) groups is 1. The summed E-state index contributed by atoms with van der Waals surface area (Å²) >= 11 is 0. The van der Waals surface area contributed by atoms with Crippen LogP contribution in [0.5, 0.6) is 0 Å². The lowest BCUT2D eigenvalue weighted by molar-refractivity contribution is -0.125. The largest absolute Gasteiger partial charge is 0.340 e. The summed E-state index contributed by atoms with van der Waals surface area (Å²) in [5.41, 5.74) is 0. The van der Waals surface area contributed by atoms with Crippen LogP contribution in [0.3, 0.4) is 0 Å². The Kier molecular flexibility index (Phi) is 4.35. The van der Waals surface area contributed by atoms with E-state index in [0.29, 0.717) is 5.92 Å². The van der Waals surface area contributed by atoms with Crippen molar-refractivity contribution in [2.75, 3.05) is 0 Å². The van der Waals surface area contributed by atoms with Crippen LogP contribution in [-0.2, 0) is 4.79 Å². The van der Waals surface area contributed by atoms with Crippen molar-refractivity contribution in [3.63, 3.8) is 0 Å². The van der Waals surface area contributed by atoms with E-state index in [1.165, 1.54) is 0 Å². The molecule has 1 unspecified atom stereocenters. The van der Waals surface area contributed by atoms with Gasteiger partial charge in [0.2, 0.25) is 5.91 Å². The fourth-order valence-electron chi connectivity index (χ4n) is 0.680. The average molecular weight is 168 g/mol. The van der Waals surface area contributed by atoms with Crippen molar-refractivity contribution in [2.24, 2.45) is 11.8 Å². The van der Waals surface area contributed by atoms with Crippen molar-refractivity contribution in [2.45, 2.75) is 33.7 Å². The van der Waals surface area contributed by atoms with Gasteiger partial charge in [-0.25, -0.2) is 0 Å². The summed E-state index contributed by atoms with van der Waals surface area (Å²) in [6.07, 6.45) is 0. The zero-order valence-electron chi connectivity index (χ0n) is 8.09. The lowest BCUT2D eigenvalue weighted by atomic mass is 9.97. The third-order valence-corrected chi connectivity index (χ3v) is 1.97. The van der Waals surface area contributed by atoms with Gasteiger partial charge in [-0.3, -0.25) is 4.79 Å². The van der Waals surface area contributed by atoms with Gasteiger partial charge >= 0.3 is 0 Å². The first-order chi connectivity index (χ1) is 5.49. The van der Waals surface area contributed by atoms with E-state index in [0.717, 1.165) is 0 Å². The van der Waals surface area contributed by atoms with Crippen LogP contribution in [0.2, 0.25) is 0 Å². The molecule has 0 aromatic rings. The lowest BCUT2D eigenvalue weighted by Crippen LogP contribution is -2.37. The van der Waals surface area contributed by atoms with Crippen molar-refractivity contribution < 1.29 is 4.79 Å². The molecular formula is C9H16N2O. The van der Waals surface area contributed by atoms with Crippen molar-refractivity contribution >= 4 is 5.91 Å². The number of hydrogen-bond acceptors (Lipinski definition) is 2. The quantitative estimate of drug-likeness (QED) is 0.690. The number of nitrogens with one attached hydrogen (secondary N) is 1. The molecule has 0 aliphatic rings. The molecule has 1 amide bonds. The van der Waals surface area contributed by atoms with Crippen molar-refractivity contribution in [1.29, 1.82) is 5.26 Å². The second kappa shape index (κ2) is 4.76. The smallest absolute Gasteiger partial charge is 0.224 e. The summed E-state index contributed by atoms with van der Waals surface area (Å²) < 4.78 is 0. The van der Waals surface area contributed by atoms with Crippen molar-refractivity contribution in [3.05, 3.63) is 0 Å². The van der Waals surface area contributed by atoms with Gasteiger partial charge in [0.05, 0.1) is 6.07 Å². The van der Waals surface area contributed by atoms with Crippen LogP contribution < -0.4 is 5.32 Å². The standard InChI is InChI=1S/C9H16N2O/c1-6(2)8(4)9(12)11-7(3)5-10/h6-8H,1-4H3,(H,11,12)/t7?,8-/m0/s1. The fourth-order valence-corrected chi connectivity index (χ4v) is 0.680. The van der Waals surface area contributed by atoms with Gasteiger partial charge in [-0.2, -0.15) is 5.26 Å². The lowest BCUT2D eigenvalue weighted by Gasteiger charge is -2.15. The molecule has 12 heavy (non-hydrogen) atoms. The minimum atomic E-state index is -0.390. The highest BCUT2D eigenvalue weighted by Crippen LogP contribution is 2.09. The molecule has 1 N–H and O–H groups in total. The Morgan fingerprint density at radius 1 is 1.33 bits per heavy atom. The van der Waals surface area contributed by atoms with Gasteiger partial charge in [0, 0.05) is 5.92 Å². The Hall–Kier alpha value is -1.04. The SMILES string of the molecule is CC(C#N)NC(=O)[C@@H](C)C(C)C. The van der Waals surface area contributed by atoms with Gasteiger partial charge in [0.15, 0.2) is 0 Å². The molecule has 0 fully saturated rings. The van der Waals surface area contributed by atoms with E-state index >= 15 is 0 Å². The fraction of sp³-hybridized carbons (Fsp3) is 0.778. The number of carbonyl (C=O) groups excluding carboxylic acids is 1. The highest BCUT2D eigenvalue weighted by Gasteiger charge is 2.17. The topological polar surface area (TPSA) is 52.9 Å². The summed E-state index contributed by atoms with van der Waals surface area (Å²) in [7, 11) is 0. The van der Waals surface area contributed by atoms with Gasteiger partial charge in [-0.1, -0.05) is 20.8 Å². The molecule has 0 aromatic heterocycles. The molecule has 0 saturated carbocycles. The Bertz CT molecular complexity index is 193. The summed E-state index contributed by atoms with van der Waals surface area (Å²) in [6.45, 7) is 7.51. The van der Waals surface area contributed by atoms with E-state index in [2.05, 4.69) is 5.32 Å². The number of nitriles is 1. The van der Waals surface area contributed by atoms with Gasteiger partial charge in [0.25, 0.3) is 0 Å². The predicted octanol–water partition coefficient (Wildman–Crippen LogP) is 1.31. The highest BCUT2D eigenvalue weighted by atomic mass is 16.1. The van der Waals surface area contributed by atoms with E-state index < -0.39 is 6.04 Å². The van der Waals surface area contributed by atoms with E-state index in [1.807, 2.05) is 26.8 Å². The van der Waals surface area contributed by atoms with Crippen LogP contribution in [0.25, 0.3) is 0 Å². The zero-order valence-corrected chi connectivity index (χ0v) is 8.09. The number of rotatable bonds is 3. The maximum absolute atomic E-state index is 11.3. The number of amides is 1.